The van der Waals surface area contributed by atoms with Crippen LogP contribution in [0.1, 0.15) is 0 Å². The number of nitrogens with one attached hydrogen (secondary N) is 3. The Morgan fingerprint density at radius 3 is 2.48 bits per heavy atom. The SMILES string of the molecule is Cl.Cl.O=C(Nc1ccccc1NCC(F)(F)F)C1CNCCO1. The molecule has 1 saturated heterocycles. The minimum atomic E-state index is -4.33. The van der Waals surface area contributed by atoms with Gasteiger partial charge in [-0.3, -0.25) is 4.79 Å². The maximum absolute atomic E-state index is 12.2. The summed E-state index contributed by atoms with van der Waals surface area (Å²) < 4.78 is 42.0. The molecule has 23 heavy (non-hydrogen) atoms. The smallest absolute Gasteiger partial charge is 0.375 e. The number of carbonyl (C=O) groups is 1. The standard InChI is InChI=1S/C13H16F3N3O2.2ClH/c14-13(15,16)8-18-9-3-1-2-4-10(9)19-12(20)11-7-17-5-6-21-11;;/h1-4,11,17-18H,5-8H2,(H,19,20);2*1H. The summed E-state index contributed by atoms with van der Waals surface area (Å²) in [7, 11) is 0. The van der Waals surface area contributed by atoms with Crippen LogP contribution in [-0.2, 0) is 9.53 Å². The Balaban J connectivity index is 0.00000242. The molecule has 1 aromatic rings. The number of para-hydroxylation sites is 2. The van der Waals surface area contributed by atoms with Crippen molar-refractivity contribution < 1.29 is 22.7 Å². The van der Waals surface area contributed by atoms with Crippen LogP contribution in [-0.4, -0.2) is 44.4 Å². The van der Waals surface area contributed by atoms with E-state index < -0.39 is 18.8 Å². The number of amides is 1. The largest absolute Gasteiger partial charge is 0.405 e. The molecule has 3 N–H and O–H groups in total. The Labute approximate surface area is 144 Å². The van der Waals surface area contributed by atoms with Crippen LogP contribution < -0.4 is 16.0 Å². The number of alkyl halides is 3. The third kappa shape index (κ3) is 7.26. The van der Waals surface area contributed by atoms with Crippen molar-refractivity contribution in [1.82, 2.24) is 5.32 Å². The van der Waals surface area contributed by atoms with E-state index in [0.29, 0.717) is 25.4 Å². The lowest BCUT2D eigenvalue weighted by Crippen LogP contribution is -2.45. The van der Waals surface area contributed by atoms with E-state index in [1.165, 1.54) is 12.1 Å². The summed E-state index contributed by atoms with van der Waals surface area (Å²) in [4.78, 5) is 12.0. The van der Waals surface area contributed by atoms with Crippen molar-refractivity contribution in [3.05, 3.63) is 24.3 Å². The quantitative estimate of drug-likeness (QED) is 0.756. The van der Waals surface area contributed by atoms with Gasteiger partial charge in [0.05, 0.1) is 18.0 Å². The monoisotopic (exact) mass is 375 g/mol. The molecule has 0 aliphatic carbocycles. The number of morpholine rings is 1. The Kier molecular flexibility index (Phi) is 9.29. The highest BCUT2D eigenvalue weighted by molar-refractivity contribution is 5.97. The van der Waals surface area contributed by atoms with Crippen molar-refractivity contribution in [2.75, 3.05) is 36.9 Å². The van der Waals surface area contributed by atoms with Crippen LogP contribution >= 0.6 is 24.8 Å². The van der Waals surface area contributed by atoms with Gasteiger partial charge in [-0.05, 0) is 12.1 Å². The highest BCUT2D eigenvalue weighted by atomic mass is 35.5. The van der Waals surface area contributed by atoms with Crippen molar-refractivity contribution in [2.45, 2.75) is 12.3 Å². The van der Waals surface area contributed by atoms with Crippen LogP contribution in [0.3, 0.4) is 0 Å². The zero-order valence-electron chi connectivity index (χ0n) is 12.0. The van der Waals surface area contributed by atoms with Gasteiger partial charge in [-0.2, -0.15) is 13.2 Å². The maximum atomic E-state index is 12.2. The topological polar surface area (TPSA) is 62.4 Å². The number of hydrogen-bond acceptors (Lipinski definition) is 4. The van der Waals surface area contributed by atoms with Crippen LogP contribution in [0.5, 0.6) is 0 Å². The molecule has 1 amide bonds. The normalized spacial score (nSPS) is 17.4. The first-order valence-electron chi connectivity index (χ1n) is 6.48. The molecule has 2 rings (SSSR count). The third-order valence-electron chi connectivity index (χ3n) is 2.88. The summed E-state index contributed by atoms with van der Waals surface area (Å²) in [6.45, 7) is 0.310. The van der Waals surface area contributed by atoms with E-state index in [2.05, 4.69) is 16.0 Å². The maximum Gasteiger partial charge on any atom is 0.405 e. The van der Waals surface area contributed by atoms with Gasteiger partial charge in [0.15, 0.2) is 0 Å². The van der Waals surface area contributed by atoms with Gasteiger partial charge in [-0.1, -0.05) is 12.1 Å². The molecule has 132 valence electrons. The Hall–Kier alpha value is -1.22. The lowest BCUT2D eigenvalue weighted by atomic mass is 10.2. The molecular formula is C13H18Cl2F3N3O2. The van der Waals surface area contributed by atoms with E-state index in [0.717, 1.165) is 0 Å². The van der Waals surface area contributed by atoms with Gasteiger partial charge in [-0.15, -0.1) is 24.8 Å². The zero-order valence-corrected chi connectivity index (χ0v) is 13.6. The minimum absolute atomic E-state index is 0. The lowest BCUT2D eigenvalue weighted by Gasteiger charge is -2.23. The number of rotatable bonds is 4. The second kappa shape index (κ2) is 9.82. The van der Waals surface area contributed by atoms with Gasteiger partial charge in [0.25, 0.3) is 5.91 Å². The molecule has 1 fully saturated rings. The highest BCUT2D eigenvalue weighted by Crippen LogP contribution is 2.23. The fourth-order valence-electron chi connectivity index (χ4n) is 1.89. The summed E-state index contributed by atoms with van der Waals surface area (Å²) >= 11 is 0. The van der Waals surface area contributed by atoms with Crippen molar-refractivity contribution in [3.8, 4) is 0 Å². The molecule has 1 aliphatic heterocycles. The number of anilines is 2. The number of carbonyl (C=O) groups excluding carboxylic acids is 1. The number of hydrogen-bond donors (Lipinski definition) is 3. The van der Waals surface area contributed by atoms with Crippen LogP contribution in [0, 0.1) is 0 Å². The van der Waals surface area contributed by atoms with Crippen LogP contribution in [0.15, 0.2) is 24.3 Å². The molecule has 0 bridgehead atoms. The van der Waals surface area contributed by atoms with E-state index in [-0.39, 0.29) is 36.4 Å². The van der Waals surface area contributed by atoms with E-state index in [1.807, 2.05) is 0 Å². The van der Waals surface area contributed by atoms with Gasteiger partial charge in [0.1, 0.15) is 12.6 Å². The molecule has 0 saturated carbocycles. The first-order chi connectivity index (χ1) is 9.96. The number of halogens is 5. The first-order valence-corrected chi connectivity index (χ1v) is 6.48. The molecule has 5 nitrogen and oxygen atoms in total. The van der Waals surface area contributed by atoms with Crippen LogP contribution in [0.4, 0.5) is 24.5 Å². The molecule has 1 aliphatic rings. The van der Waals surface area contributed by atoms with E-state index in [4.69, 9.17) is 4.74 Å². The molecule has 0 spiro atoms. The van der Waals surface area contributed by atoms with Crippen LogP contribution in [0.2, 0.25) is 0 Å². The number of benzene rings is 1. The Morgan fingerprint density at radius 1 is 1.26 bits per heavy atom. The van der Waals surface area contributed by atoms with Crippen molar-refractivity contribution in [1.29, 1.82) is 0 Å². The van der Waals surface area contributed by atoms with Gasteiger partial charge in [0, 0.05) is 13.1 Å². The summed E-state index contributed by atoms with van der Waals surface area (Å²) in [6.07, 6.45) is -4.97. The summed E-state index contributed by atoms with van der Waals surface area (Å²) in [5.74, 6) is -0.386. The predicted molar refractivity (Wildman–Crippen MR) is 86.7 cm³/mol. The Morgan fingerprint density at radius 2 is 1.91 bits per heavy atom. The average molecular weight is 376 g/mol. The summed E-state index contributed by atoms with van der Waals surface area (Å²) in [6, 6.07) is 6.23. The molecule has 1 unspecified atom stereocenters. The lowest BCUT2D eigenvalue weighted by molar-refractivity contribution is -0.128. The summed E-state index contributed by atoms with van der Waals surface area (Å²) in [5, 5.41) is 7.86. The van der Waals surface area contributed by atoms with Crippen molar-refractivity contribution in [3.63, 3.8) is 0 Å². The average Bonchev–Trinajstić information content (AvgIpc) is 2.46. The van der Waals surface area contributed by atoms with Gasteiger partial charge in [-0.25, -0.2) is 0 Å². The zero-order chi connectivity index (χ0) is 15.3. The van der Waals surface area contributed by atoms with Gasteiger partial charge < -0.3 is 20.7 Å². The van der Waals surface area contributed by atoms with E-state index in [1.54, 1.807) is 12.1 Å². The molecule has 10 heteroatoms. The molecule has 0 radical (unpaired) electrons. The van der Waals surface area contributed by atoms with E-state index >= 15 is 0 Å². The predicted octanol–water partition coefficient (Wildman–Crippen LogP) is 2.43. The second-order valence-electron chi connectivity index (χ2n) is 4.57. The van der Waals surface area contributed by atoms with Gasteiger partial charge >= 0.3 is 6.18 Å². The molecular weight excluding hydrogens is 358 g/mol. The van der Waals surface area contributed by atoms with E-state index in [9.17, 15) is 18.0 Å². The van der Waals surface area contributed by atoms with Gasteiger partial charge in [0.2, 0.25) is 0 Å². The van der Waals surface area contributed by atoms with Crippen LogP contribution in [0.25, 0.3) is 0 Å². The fraction of sp³-hybridized carbons (Fsp3) is 0.462. The fourth-order valence-corrected chi connectivity index (χ4v) is 1.89. The first kappa shape index (κ1) is 21.8. The second-order valence-corrected chi connectivity index (χ2v) is 4.57. The third-order valence-corrected chi connectivity index (χ3v) is 2.88. The highest BCUT2D eigenvalue weighted by Gasteiger charge is 2.27. The molecule has 1 aromatic carbocycles. The Bertz CT molecular complexity index is 498. The minimum Gasteiger partial charge on any atom is -0.375 e. The summed E-state index contributed by atoms with van der Waals surface area (Å²) in [5.41, 5.74) is 0.507. The van der Waals surface area contributed by atoms with Crippen molar-refractivity contribution >= 4 is 42.1 Å². The molecule has 1 heterocycles. The molecule has 1 atom stereocenters. The van der Waals surface area contributed by atoms with Crippen molar-refractivity contribution in [2.24, 2.45) is 0 Å². The number of ether oxygens (including phenoxy) is 1. The molecule has 0 aromatic heterocycles.